The highest BCUT2D eigenvalue weighted by Crippen LogP contribution is 2.34. The SMILES string of the molecule is CCOC(=O)C(C)(C)c1csc(N2CCCC(C)C2C)n1. The third kappa shape index (κ3) is 3.23. The zero-order valence-electron chi connectivity index (χ0n) is 13.7. The summed E-state index contributed by atoms with van der Waals surface area (Å²) in [7, 11) is 0. The molecule has 0 amide bonds. The first-order valence-electron chi connectivity index (χ1n) is 7.77. The van der Waals surface area contributed by atoms with E-state index in [-0.39, 0.29) is 5.97 Å². The molecule has 1 aliphatic heterocycles. The standard InChI is InChI=1S/C16H26N2O2S/c1-6-20-14(19)16(4,5)13-10-21-15(17-13)18-9-7-8-11(2)12(18)3/h10-12H,6-9H2,1-5H3. The number of anilines is 1. The number of piperidine rings is 1. The monoisotopic (exact) mass is 310 g/mol. The minimum atomic E-state index is -0.685. The number of ether oxygens (including phenoxy) is 1. The molecule has 0 aliphatic carbocycles. The normalized spacial score (nSPS) is 23.2. The number of carbonyl (C=O) groups is 1. The highest BCUT2D eigenvalue weighted by molar-refractivity contribution is 7.13. The summed E-state index contributed by atoms with van der Waals surface area (Å²) in [6, 6.07) is 0.503. The molecule has 2 heterocycles. The van der Waals surface area contributed by atoms with Gasteiger partial charge in [-0.15, -0.1) is 11.3 Å². The van der Waals surface area contributed by atoms with Gasteiger partial charge in [0.15, 0.2) is 5.13 Å². The van der Waals surface area contributed by atoms with E-state index in [9.17, 15) is 4.79 Å². The molecule has 1 fully saturated rings. The van der Waals surface area contributed by atoms with Crippen molar-refractivity contribution >= 4 is 22.4 Å². The van der Waals surface area contributed by atoms with E-state index < -0.39 is 5.41 Å². The summed E-state index contributed by atoms with van der Waals surface area (Å²) < 4.78 is 5.17. The Kier molecular flexibility index (Phi) is 4.91. The number of hydrogen-bond acceptors (Lipinski definition) is 5. The minimum absolute atomic E-state index is 0.207. The highest BCUT2D eigenvalue weighted by Gasteiger charge is 2.35. The van der Waals surface area contributed by atoms with Gasteiger partial charge in [-0.3, -0.25) is 4.79 Å². The third-order valence-corrected chi connectivity index (χ3v) is 5.42. The lowest BCUT2D eigenvalue weighted by molar-refractivity contribution is -0.148. The molecule has 0 aromatic carbocycles. The Morgan fingerprint density at radius 3 is 2.90 bits per heavy atom. The molecule has 1 aromatic rings. The Hall–Kier alpha value is -1.10. The molecular weight excluding hydrogens is 284 g/mol. The quantitative estimate of drug-likeness (QED) is 0.797. The molecule has 0 saturated carbocycles. The zero-order valence-corrected chi connectivity index (χ0v) is 14.5. The summed E-state index contributed by atoms with van der Waals surface area (Å²) in [4.78, 5) is 19.2. The van der Waals surface area contributed by atoms with E-state index in [0.29, 0.717) is 18.6 Å². The maximum Gasteiger partial charge on any atom is 0.317 e. The molecule has 0 N–H and O–H groups in total. The molecule has 118 valence electrons. The van der Waals surface area contributed by atoms with Crippen LogP contribution in [0.5, 0.6) is 0 Å². The van der Waals surface area contributed by atoms with Crippen LogP contribution in [-0.4, -0.2) is 30.1 Å². The predicted octanol–water partition coefficient (Wildman–Crippen LogP) is 3.61. The Labute approximate surface area is 131 Å². The molecule has 0 radical (unpaired) electrons. The molecular formula is C16H26N2O2S. The summed E-state index contributed by atoms with van der Waals surface area (Å²) in [5, 5.41) is 3.03. The van der Waals surface area contributed by atoms with Gasteiger partial charge in [-0.25, -0.2) is 4.98 Å². The van der Waals surface area contributed by atoms with Crippen LogP contribution in [0.4, 0.5) is 5.13 Å². The first-order chi connectivity index (χ1) is 9.87. The van der Waals surface area contributed by atoms with Crippen LogP contribution in [0.3, 0.4) is 0 Å². The van der Waals surface area contributed by atoms with E-state index in [0.717, 1.165) is 17.4 Å². The van der Waals surface area contributed by atoms with Crippen molar-refractivity contribution in [2.45, 2.75) is 58.9 Å². The second kappa shape index (κ2) is 6.34. The molecule has 21 heavy (non-hydrogen) atoms. The van der Waals surface area contributed by atoms with Crippen LogP contribution in [-0.2, 0) is 14.9 Å². The van der Waals surface area contributed by atoms with Crippen LogP contribution >= 0.6 is 11.3 Å². The smallest absolute Gasteiger partial charge is 0.317 e. The number of carbonyl (C=O) groups excluding carboxylic acids is 1. The molecule has 2 rings (SSSR count). The minimum Gasteiger partial charge on any atom is -0.465 e. The fourth-order valence-electron chi connectivity index (χ4n) is 2.70. The number of esters is 1. The van der Waals surface area contributed by atoms with Crippen LogP contribution in [0.1, 0.15) is 53.2 Å². The van der Waals surface area contributed by atoms with E-state index in [2.05, 4.69) is 18.7 Å². The first-order valence-corrected chi connectivity index (χ1v) is 8.65. The van der Waals surface area contributed by atoms with Crippen molar-refractivity contribution in [1.82, 2.24) is 4.98 Å². The predicted molar refractivity (Wildman–Crippen MR) is 87.0 cm³/mol. The first kappa shape index (κ1) is 16.3. The maximum atomic E-state index is 12.1. The topological polar surface area (TPSA) is 42.4 Å². The average Bonchev–Trinajstić information content (AvgIpc) is 2.92. The van der Waals surface area contributed by atoms with Gasteiger partial charge in [0.1, 0.15) is 5.41 Å². The highest BCUT2D eigenvalue weighted by atomic mass is 32.1. The molecule has 4 nitrogen and oxygen atoms in total. The zero-order chi connectivity index (χ0) is 15.6. The summed E-state index contributed by atoms with van der Waals surface area (Å²) in [6.45, 7) is 11.6. The molecule has 1 aliphatic rings. The van der Waals surface area contributed by atoms with E-state index in [1.54, 1.807) is 11.3 Å². The van der Waals surface area contributed by atoms with Crippen molar-refractivity contribution in [2.24, 2.45) is 5.92 Å². The number of rotatable bonds is 4. The second-order valence-electron chi connectivity index (χ2n) is 6.41. The summed E-state index contributed by atoms with van der Waals surface area (Å²) in [5.74, 6) is 0.478. The van der Waals surface area contributed by atoms with E-state index in [1.165, 1.54) is 12.8 Å². The lowest BCUT2D eigenvalue weighted by Gasteiger charge is -2.37. The van der Waals surface area contributed by atoms with Gasteiger partial charge in [0.05, 0.1) is 12.3 Å². The van der Waals surface area contributed by atoms with Gasteiger partial charge in [-0.05, 0) is 46.5 Å². The van der Waals surface area contributed by atoms with Crippen molar-refractivity contribution in [3.63, 3.8) is 0 Å². The lowest BCUT2D eigenvalue weighted by atomic mass is 9.90. The summed E-state index contributed by atoms with van der Waals surface area (Å²) >= 11 is 1.63. The average molecular weight is 310 g/mol. The van der Waals surface area contributed by atoms with Crippen LogP contribution in [0.2, 0.25) is 0 Å². The van der Waals surface area contributed by atoms with E-state index >= 15 is 0 Å². The van der Waals surface area contributed by atoms with Gasteiger partial charge in [0.25, 0.3) is 0 Å². The number of aromatic nitrogens is 1. The Morgan fingerprint density at radius 2 is 2.24 bits per heavy atom. The number of thiazole rings is 1. The van der Waals surface area contributed by atoms with E-state index in [1.807, 2.05) is 26.2 Å². The fraction of sp³-hybridized carbons (Fsp3) is 0.750. The van der Waals surface area contributed by atoms with Crippen LogP contribution in [0.15, 0.2) is 5.38 Å². The van der Waals surface area contributed by atoms with Crippen LogP contribution in [0.25, 0.3) is 0 Å². The van der Waals surface area contributed by atoms with Crippen molar-refractivity contribution in [3.05, 3.63) is 11.1 Å². The summed E-state index contributed by atoms with van der Waals surface area (Å²) in [6.07, 6.45) is 2.49. The molecule has 2 unspecified atom stereocenters. The Bertz CT molecular complexity index is 498. The Morgan fingerprint density at radius 1 is 1.52 bits per heavy atom. The third-order valence-electron chi connectivity index (χ3n) is 4.54. The molecule has 2 atom stereocenters. The van der Waals surface area contributed by atoms with Gasteiger partial charge in [-0.2, -0.15) is 0 Å². The fourth-order valence-corrected chi connectivity index (χ4v) is 3.81. The molecule has 0 bridgehead atoms. The molecule has 1 saturated heterocycles. The lowest BCUT2D eigenvalue weighted by Crippen LogP contribution is -2.42. The number of nitrogens with zero attached hydrogens (tertiary/aromatic N) is 2. The number of hydrogen-bond donors (Lipinski definition) is 0. The van der Waals surface area contributed by atoms with Gasteiger partial charge >= 0.3 is 5.97 Å². The molecule has 5 heteroatoms. The summed E-state index contributed by atoms with van der Waals surface area (Å²) in [5.41, 5.74) is 0.126. The van der Waals surface area contributed by atoms with Crippen LogP contribution < -0.4 is 4.90 Å². The van der Waals surface area contributed by atoms with Crippen molar-refractivity contribution in [3.8, 4) is 0 Å². The maximum absolute atomic E-state index is 12.1. The van der Waals surface area contributed by atoms with Gasteiger partial charge in [-0.1, -0.05) is 6.92 Å². The van der Waals surface area contributed by atoms with Gasteiger partial charge in [0, 0.05) is 18.0 Å². The van der Waals surface area contributed by atoms with Gasteiger partial charge in [0.2, 0.25) is 0 Å². The van der Waals surface area contributed by atoms with Crippen molar-refractivity contribution in [1.29, 1.82) is 0 Å². The molecule has 0 spiro atoms. The van der Waals surface area contributed by atoms with Crippen molar-refractivity contribution < 1.29 is 9.53 Å². The van der Waals surface area contributed by atoms with Gasteiger partial charge < -0.3 is 9.64 Å². The largest absolute Gasteiger partial charge is 0.465 e. The molecule has 1 aromatic heterocycles. The Balaban J connectivity index is 2.19. The van der Waals surface area contributed by atoms with Crippen LogP contribution in [0, 0.1) is 5.92 Å². The van der Waals surface area contributed by atoms with Crippen molar-refractivity contribution in [2.75, 3.05) is 18.1 Å². The van der Waals surface area contributed by atoms with E-state index in [4.69, 9.17) is 9.72 Å². The second-order valence-corrected chi connectivity index (χ2v) is 7.25.